The van der Waals surface area contributed by atoms with Gasteiger partial charge in [-0.1, -0.05) is 33.1 Å². The maximum atomic E-state index is 12.5. The Morgan fingerprint density at radius 2 is 1.86 bits per heavy atom. The van der Waals surface area contributed by atoms with Crippen LogP contribution < -0.4 is 9.46 Å². The molecule has 1 aliphatic carbocycles. The largest absolute Gasteiger partial charge is 0.494 e. The monoisotopic (exact) mass is 325 g/mol. The number of hydrogen-bond donors (Lipinski definition) is 1. The number of unbranched alkanes of at least 4 members (excludes halogenated alkanes) is 1. The normalized spacial score (nSPS) is 22.5. The minimum absolute atomic E-state index is 0.0548. The summed E-state index contributed by atoms with van der Waals surface area (Å²) in [5.41, 5.74) is 0. The van der Waals surface area contributed by atoms with Crippen molar-refractivity contribution in [1.29, 1.82) is 0 Å². The first-order valence-electron chi connectivity index (χ1n) is 8.28. The lowest BCUT2D eigenvalue weighted by Crippen LogP contribution is -2.40. The molecule has 0 heterocycles. The maximum absolute atomic E-state index is 12.5. The molecule has 4 nitrogen and oxygen atoms in total. The summed E-state index contributed by atoms with van der Waals surface area (Å²) in [5, 5.41) is 0. The van der Waals surface area contributed by atoms with Crippen LogP contribution in [0.2, 0.25) is 0 Å². The first-order valence-corrected chi connectivity index (χ1v) is 9.76. The fraction of sp³-hybridized carbons (Fsp3) is 0.647. The molecule has 1 saturated carbocycles. The molecule has 0 aliphatic heterocycles. The van der Waals surface area contributed by atoms with Crippen molar-refractivity contribution in [2.45, 2.75) is 63.3 Å². The topological polar surface area (TPSA) is 55.4 Å². The fourth-order valence-electron chi connectivity index (χ4n) is 2.81. The van der Waals surface area contributed by atoms with Gasteiger partial charge in [-0.25, -0.2) is 13.1 Å². The van der Waals surface area contributed by atoms with Crippen LogP contribution in [0.4, 0.5) is 0 Å². The molecule has 0 unspecified atom stereocenters. The van der Waals surface area contributed by atoms with E-state index in [0.717, 1.165) is 37.9 Å². The Hall–Kier alpha value is -1.07. The number of ether oxygens (including phenoxy) is 1. The zero-order valence-electron chi connectivity index (χ0n) is 13.5. The van der Waals surface area contributed by atoms with Gasteiger partial charge in [0, 0.05) is 6.04 Å². The molecule has 1 aliphatic rings. The van der Waals surface area contributed by atoms with Crippen molar-refractivity contribution in [1.82, 2.24) is 4.72 Å². The molecule has 1 N–H and O–H groups in total. The van der Waals surface area contributed by atoms with Crippen LogP contribution in [0.1, 0.15) is 52.4 Å². The second-order valence-corrected chi connectivity index (χ2v) is 7.88. The molecule has 5 heteroatoms. The molecule has 0 radical (unpaired) electrons. The number of sulfonamides is 1. The SMILES string of the molecule is CCCCOc1ccc(S(=O)(=O)N[C@H]2CCCC[C@H]2C)cc1. The summed E-state index contributed by atoms with van der Waals surface area (Å²) in [6.45, 7) is 4.90. The Balaban J connectivity index is 1.99. The molecule has 0 saturated heterocycles. The molecule has 0 spiro atoms. The van der Waals surface area contributed by atoms with Crippen molar-refractivity contribution in [3.05, 3.63) is 24.3 Å². The van der Waals surface area contributed by atoms with E-state index in [1.807, 2.05) is 0 Å². The molecule has 0 amide bonds. The van der Waals surface area contributed by atoms with E-state index in [1.165, 1.54) is 6.42 Å². The van der Waals surface area contributed by atoms with Crippen LogP contribution in [-0.2, 0) is 10.0 Å². The van der Waals surface area contributed by atoms with E-state index >= 15 is 0 Å². The zero-order valence-corrected chi connectivity index (χ0v) is 14.4. The Kier molecular flexibility index (Phi) is 6.26. The maximum Gasteiger partial charge on any atom is 0.240 e. The van der Waals surface area contributed by atoms with Gasteiger partial charge in [-0.3, -0.25) is 0 Å². The lowest BCUT2D eigenvalue weighted by molar-refractivity contribution is 0.308. The molecule has 1 aromatic rings. The van der Waals surface area contributed by atoms with Crippen LogP contribution in [-0.4, -0.2) is 21.1 Å². The van der Waals surface area contributed by atoms with Crippen LogP contribution >= 0.6 is 0 Å². The third-order valence-corrected chi connectivity index (χ3v) is 5.82. The van der Waals surface area contributed by atoms with Gasteiger partial charge in [-0.2, -0.15) is 0 Å². The van der Waals surface area contributed by atoms with Gasteiger partial charge in [0.15, 0.2) is 0 Å². The highest BCUT2D eigenvalue weighted by molar-refractivity contribution is 7.89. The van der Waals surface area contributed by atoms with Gasteiger partial charge < -0.3 is 4.74 Å². The Morgan fingerprint density at radius 3 is 2.50 bits per heavy atom. The van der Waals surface area contributed by atoms with Crippen molar-refractivity contribution in [2.75, 3.05) is 6.61 Å². The Bertz CT molecular complexity index is 554. The third-order valence-electron chi connectivity index (χ3n) is 4.32. The van der Waals surface area contributed by atoms with Crippen LogP contribution in [0.5, 0.6) is 5.75 Å². The van der Waals surface area contributed by atoms with E-state index in [2.05, 4.69) is 18.6 Å². The summed E-state index contributed by atoms with van der Waals surface area (Å²) < 4.78 is 33.4. The summed E-state index contributed by atoms with van der Waals surface area (Å²) in [7, 11) is -3.44. The summed E-state index contributed by atoms with van der Waals surface area (Å²) in [6.07, 6.45) is 6.40. The van der Waals surface area contributed by atoms with Crippen molar-refractivity contribution >= 4 is 10.0 Å². The lowest BCUT2D eigenvalue weighted by atomic mass is 9.87. The highest BCUT2D eigenvalue weighted by atomic mass is 32.2. The van der Waals surface area contributed by atoms with E-state index in [9.17, 15) is 8.42 Å². The zero-order chi connectivity index (χ0) is 16.0. The molecular formula is C17H27NO3S. The van der Waals surface area contributed by atoms with Crippen LogP contribution in [0.15, 0.2) is 29.2 Å². The molecular weight excluding hydrogens is 298 g/mol. The third kappa shape index (κ3) is 4.71. The van der Waals surface area contributed by atoms with Gasteiger partial charge in [0.05, 0.1) is 11.5 Å². The first-order chi connectivity index (χ1) is 10.5. The predicted molar refractivity (Wildman–Crippen MR) is 88.6 cm³/mol. The van der Waals surface area contributed by atoms with Gasteiger partial charge in [0.25, 0.3) is 0 Å². The summed E-state index contributed by atoms with van der Waals surface area (Å²) in [5.74, 6) is 1.12. The number of nitrogens with one attached hydrogen (secondary N) is 1. The summed E-state index contributed by atoms with van der Waals surface area (Å²) in [4.78, 5) is 0.313. The van der Waals surface area contributed by atoms with Gasteiger partial charge in [0.2, 0.25) is 10.0 Å². The van der Waals surface area contributed by atoms with Crippen molar-refractivity contribution in [3.8, 4) is 5.75 Å². The number of benzene rings is 1. The molecule has 0 bridgehead atoms. The van der Waals surface area contributed by atoms with E-state index < -0.39 is 10.0 Å². The van der Waals surface area contributed by atoms with Crippen LogP contribution in [0, 0.1) is 5.92 Å². The number of rotatable bonds is 7. The van der Waals surface area contributed by atoms with Crippen molar-refractivity contribution < 1.29 is 13.2 Å². The molecule has 22 heavy (non-hydrogen) atoms. The smallest absolute Gasteiger partial charge is 0.240 e. The molecule has 1 aromatic carbocycles. The second kappa shape index (κ2) is 7.97. The fourth-order valence-corrected chi connectivity index (χ4v) is 4.19. The average molecular weight is 325 g/mol. The average Bonchev–Trinajstić information content (AvgIpc) is 2.50. The first kappa shape index (κ1) is 17.3. The molecule has 0 aromatic heterocycles. The van der Waals surface area contributed by atoms with Crippen LogP contribution in [0.3, 0.4) is 0 Å². The Morgan fingerprint density at radius 1 is 1.18 bits per heavy atom. The highest BCUT2D eigenvalue weighted by Gasteiger charge is 2.26. The quantitative estimate of drug-likeness (QED) is 0.777. The summed E-state index contributed by atoms with van der Waals surface area (Å²) in [6, 6.07) is 6.76. The standard InChI is InChI=1S/C17H27NO3S/c1-3-4-13-21-15-9-11-16(12-10-15)22(19,20)18-17-8-6-5-7-14(17)2/h9-12,14,17-18H,3-8,13H2,1-2H3/t14-,17+/m1/s1. The van der Waals surface area contributed by atoms with Gasteiger partial charge in [-0.15, -0.1) is 0 Å². The van der Waals surface area contributed by atoms with Gasteiger partial charge in [0.1, 0.15) is 5.75 Å². The Labute approximate surface area is 134 Å². The summed E-state index contributed by atoms with van der Waals surface area (Å²) >= 11 is 0. The van der Waals surface area contributed by atoms with E-state index in [-0.39, 0.29) is 6.04 Å². The molecule has 2 atom stereocenters. The minimum Gasteiger partial charge on any atom is -0.494 e. The highest BCUT2D eigenvalue weighted by Crippen LogP contribution is 2.25. The minimum atomic E-state index is -3.44. The van der Waals surface area contributed by atoms with Crippen molar-refractivity contribution in [3.63, 3.8) is 0 Å². The van der Waals surface area contributed by atoms with Crippen LogP contribution in [0.25, 0.3) is 0 Å². The lowest BCUT2D eigenvalue weighted by Gasteiger charge is -2.29. The second-order valence-electron chi connectivity index (χ2n) is 6.16. The van der Waals surface area contributed by atoms with E-state index in [1.54, 1.807) is 24.3 Å². The molecule has 2 rings (SSSR count). The van der Waals surface area contributed by atoms with E-state index in [0.29, 0.717) is 17.4 Å². The van der Waals surface area contributed by atoms with Crippen molar-refractivity contribution in [2.24, 2.45) is 5.92 Å². The van der Waals surface area contributed by atoms with E-state index in [4.69, 9.17) is 4.74 Å². The van der Waals surface area contributed by atoms with Gasteiger partial charge >= 0.3 is 0 Å². The number of hydrogen-bond acceptors (Lipinski definition) is 3. The predicted octanol–water partition coefficient (Wildman–Crippen LogP) is 3.72. The molecule has 1 fully saturated rings. The molecule has 124 valence electrons. The van der Waals surface area contributed by atoms with Gasteiger partial charge in [-0.05, 0) is 49.4 Å².